The van der Waals surface area contributed by atoms with Gasteiger partial charge in [-0.3, -0.25) is 4.79 Å². The molecule has 8 heteroatoms. The van der Waals surface area contributed by atoms with Crippen molar-refractivity contribution >= 4 is 34.6 Å². The highest BCUT2D eigenvalue weighted by molar-refractivity contribution is 7.09. The highest BCUT2D eigenvalue weighted by atomic mass is 32.1. The first-order valence-electron chi connectivity index (χ1n) is 8.64. The van der Waals surface area contributed by atoms with Crippen molar-refractivity contribution in [2.24, 2.45) is 0 Å². The zero-order valence-electron chi connectivity index (χ0n) is 14.5. The first-order chi connectivity index (χ1) is 12.6. The Hall–Kier alpha value is -2.61. The lowest BCUT2D eigenvalue weighted by molar-refractivity contribution is -0.120. The number of anilines is 2. The Kier molecular flexibility index (Phi) is 4.50. The van der Waals surface area contributed by atoms with Gasteiger partial charge in [0.25, 0.3) is 5.91 Å². The number of hydrogen-bond acceptors (Lipinski definition) is 5. The number of aromatic nitrogens is 1. The van der Waals surface area contributed by atoms with Crippen LogP contribution in [-0.2, 0) is 4.79 Å². The molecule has 1 aromatic carbocycles. The van der Waals surface area contributed by atoms with Crippen molar-refractivity contribution in [2.75, 3.05) is 30.4 Å². The first kappa shape index (κ1) is 16.8. The van der Waals surface area contributed by atoms with E-state index in [0.717, 1.165) is 24.3 Å². The molecule has 0 aliphatic carbocycles. The smallest absolute Gasteiger partial charge is 0.322 e. The second-order valence-corrected chi connectivity index (χ2v) is 7.36. The monoisotopic (exact) mass is 372 g/mol. The molecule has 4 rings (SSSR count). The summed E-state index contributed by atoms with van der Waals surface area (Å²) in [7, 11) is 1.71. The van der Waals surface area contributed by atoms with E-state index in [4.69, 9.17) is 4.74 Å². The quantitative estimate of drug-likeness (QED) is 0.878. The lowest BCUT2D eigenvalue weighted by atomic mass is 10.0. The van der Waals surface area contributed by atoms with Crippen LogP contribution in [-0.4, -0.2) is 42.0 Å². The van der Waals surface area contributed by atoms with E-state index in [1.807, 2.05) is 10.3 Å². The summed E-state index contributed by atoms with van der Waals surface area (Å²) in [5, 5.41) is 5.88. The Balaban J connectivity index is 1.53. The van der Waals surface area contributed by atoms with Gasteiger partial charge in [0.1, 0.15) is 10.8 Å². The summed E-state index contributed by atoms with van der Waals surface area (Å²) in [6.07, 6.45) is 4.79. The molecule has 0 saturated carbocycles. The number of likely N-dealkylation sites (N-methyl/N-ethyl adjacent to an activating group) is 1. The molecule has 3 amide bonds. The molecule has 0 unspecified atom stereocenters. The Labute approximate surface area is 155 Å². The van der Waals surface area contributed by atoms with Gasteiger partial charge in [0.05, 0.1) is 11.7 Å². The molecular weight excluding hydrogens is 352 g/mol. The van der Waals surface area contributed by atoms with Gasteiger partial charge in [-0.15, -0.1) is 11.3 Å². The zero-order valence-corrected chi connectivity index (χ0v) is 15.3. The van der Waals surface area contributed by atoms with Crippen LogP contribution < -0.4 is 15.0 Å². The van der Waals surface area contributed by atoms with E-state index in [1.54, 1.807) is 47.7 Å². The number of amides is 3. The predicted molar refractivity (Wildman–Crippen MR) is 99.8 cm³/mol. The van der Waals surface area contributed by atoms with Gasteiger partial charge in [-0.25, -0.2) is 9.78 Å². The van der Waals surface area contributed by atoms with E-state index >= 15 is 0 Å². The number of rotatable bonds is 2. The number of likely N-dealkylation sites (tertiary alicyclic amines) is 1. The molecule has 26 heavy (non-hydrogen) atoms. The van der Waals surface area contributed by atoms with Crippen LogP contribution in [0.1, 0.15) is 30.3 Å². The number of urea groups is 1. The van der Waals surface area contributed by atoms with Crippen molar-refractivity contribution < 1.29 is 14.3 Å². The van der Waals surface area contributed by atoms with E-state index in [2.05, 4.69) is 10.3 Å². The molecule has 1 aromatic heterocycles. The predicted octanol–water partition coefficient (Wildman–Crippen LogP) is 3.26. The molecule has 1 saturated heterocycles. The summed E-state index contributed by atoms with van der Waals surface area (Å²) in [6, 6.07) is 5.22. The highest BCUT2D eigenvalue weighted by Crippen LogP contribution is 2.35. The third-order valence-electron chi connectivity index (χ3n) is 4.80. The summed E-state index contributed by atoms with van der Waals surface area (Å²) in [6.45, 7) is 0.751. The number of piperidine rings is 1. The summed E-state index contributed by atoms with van der Waals surface area (Å²) < 4.78 is 5.43. The van der Waals surface area contributed by atoms with Crippen LogP contribution in [0.2, 0.25) is 0 Å². The van der Waals surface area contributed by atoms with Crippen LogP contribution in [0.25, 0.3) is 0 Å². The number of hydrogen-bond donors (Lipinski definition) is 1. The van der Waals surface area contributed by atoms with Gasteiger partial charge < -0.3 is 19.9 Å². The van der Waals surface area contributed by atoms with E-state index < -0.39 is 0 Å². The van der Waals surface area contributed by atoms with Crippen LogP contribution in [0.5, 0.6) is 5.75 Å². The molecule has 2 aliphatic heterocycles. The zero-order chi connectivity index (χ0) is 18.1. The summed E-state index contributed by atoms with van der Waals surface area (Å²) in [5.41, 5.74) is 1.30. The van der Waals surface area contributed by atoms with E-state index in [-0.39, 0.29) is 24.6 Å². The van der Waals surface area contributed by atoms with Gasteiger partial charge in [-0.2, -0.15) is 0 Å². The third kappa shape index (κ3) is 3.12. The summed E-state index contributed by atoms with van der Waals surface area (Å²) in [4.78, 5) is 32.5. The number of carbonyl (C=O) groups excluding carboxylic acids is 2. The minimum atomic E-state index is -0.143. The second-order valence-electron chi connectivity index (χ2n) is 6.43. The summed E-state index contributed by atoms with van der Waals surface area (Å²) >= 11 is 1.58. The number of thiazole rings is 1. The minimum Gasteiger partial charge on any atom is -0.482 e. The van der Waals surface area contributed by atoms with Crippen molar-refractivity contribution in [1.82, 2.24) is 9.88 Å². The largest absolute Gasteiger partial charge is 0.482 e. The molecule has 1 fully saturated rings. The fourth-order valence-electron chi connectivity index (χ4n) is 3.38. The van der Waals surface area contributed by atoms with E-state index in [9.17, 15) is 9.59 Å². The fraction of sp³-hybridized carbons (Fsp3) is 0.389. The molecule has 0 bridgehead atoms. The van der Waals surface area contributed by atoms with Gasteiger partial charge in [-0.05, 0) is 37.5 Å². The second kappa shape index (κ2) is 6.95. The van der Waals surface area contributed by atoms with Crippen LogP contribution in [0.15, 0.2) is 29.8 Å². The molecule has 3 heterocycles. The number of nitrogens with zero attached hydrogens (tertiary/aromatic N) is 3. The summed E-state index contributed by atoms with van der Waals surface area (Å²) in [5.74, 6) is 0.532. The number of carbonyl (C=O) groups is 2. The molecule has 7 nitrogen and oxygen atoms in total. The van der Waals surface area contributed by atoms with Gasteiger partial charge in [-0.1, -0.05) is 0 Å². The first-order valence-corrected chi connectivity index (χ1v) is 9.52. The number of benzene rings is 1. The highest BCUT2D eigenvalue weighted by Gasteiger charge is 2.30. The van der Waals surface area contributed by atoms with Crippen LogP contribution >= 0.6 is 11.3 Å². The van der Waals surface area contributed by atoms with Crippen LogP contribution in [0.4, 0.5) is 16.2 Å². The molecule has 136 valence electrons. The Morgan fingerprint density at radius 1 is 1.38 bits per heavy atom. The van der Waals surface area contributed by atoms with Gasteiger partial charge in [0.2, 0.25) is 0 Å². The number of nitrogens with one attached hydrogen (secondary N) is 1. The maximum Gasteiger partial charge on any atom is 0.322 e. The molecule has 2 aromatic rings. The fourth-order valence-corrected chi connectivity index (χ4v) is 4.16. The number of fused-ring (bicyclic) bond motifs is 1. The Morgan fingerprint density at radius 2 is 2.27 bits per heavy atom. The van der Waals surface area contributed by atoms with E-state index in [1.165, 1.54) is 0 Å². The average Bonchev–Trinajstić information content (AvgIpc) is 3.20. The number of ether oxygens (including phenoxy) is 1. The average molecular weight is 372 g/mol. The Morgan fingerprint density at radius 3 is 3.08 bits per heavy atom. The standard InChI is InChI=1S/C18H20N4O3S/c1-21-14-10-12(5-6-15(14)25-11-16(21)23)20-18(24)22-8-3-2-4-13(22)17-19-7-9-26-17/h5-7,9-10,13H,2-4,8,11H2,1H3,(H,20,24)/t13-/m0/s1. The SMILES string of the molecule is CN1C(=O)COc2ccc(NC(=O)N3CCCC[C@H]3c3nccs3)cc21. The topological polar surface area (TPSA) is 74.8 Å². The molecule has 1 N–H and O–H groups in total. The molecular formula is C18H20N4O3S. The maximum absolute atomic E-state index is 12.9. The van der Waals surface area contributed by atoms with Crippen LogP contribution in [0.3, 0.4) is 0 Å². The van der Waals surface area contributed by atoms with Crippen LogP contribution in [0, 0.1) is 0 Å². The van der Waals surface area contributed by atoms with E-state index in [0.29, 0.717) is 23.7 Å². The lowest BCUT2D eigenvalue weighted by Crippen LogP contribution is -2.41. The molecule has 2 aliphatic rings. The van der Waals surface area contributed by atoms with Gasteiger partial charge in [0.15, 0.2) is 6.61 Å². The normalized spacial score (nSPS) is 19.7. The Bertz CT molecular complexity index is 824. The van der Waals surface area contributed by atoms with Gasteiger partial charge >= 0.3 is 6.03 Å². The molecule has 1 atom stereocenters. The molecule has 0 spiro atoms. The van der Waals surface area contributed by atoms with Crippen molar-refractivity contribution in [3.8, 4) is 5.75 Å². The third-order valence-corrected chi connectivity index (χ3v) is 5.67. The maximum atomic E-state index is 12.9. The van der Waals surface area contributed by atoms with Gasteiger partial charge in [0, 0.05) is 30.9 Å². The lowest BCUT2D eigenvalue weighted by Gasteiger charge is -2.34. The van der Waals surface area contributed by atoms with Crippen molar-refractivity contribution in [1.29, 1.82) is 0 Å². The minimum absolute atomic E-state index is 0.0222. The van der Waals surface area contributed by atoms with Crippen molar-refractivity contribution in [3.05, 3.63) is 34.8 Å². The molecule has 0 radical (unpaired) electrons. The van der Waals surface area contributed by atoms with Crippen molar-refractivity contribution in [2.45, 2.75) is 25.3 Å². The van der Waals surface area contributed by atoms with Crippen molar-refractivity contribution in [3.63, 3.8) is 0 Å².